The first-order valence-corrected chi connectivity index (χ1v) is 5.85. The Hall–Kier alpha value is -2.69. The highest BCUT2D eigenvalue weighted by Crippen LogP contribution is 2.11. The van der Waals surface area contributed by atoms with Gasteiger partial charge in [-0.3, -0.25) is 4.79 Å². The van der Waals surface area contributed by atoms with Crippen molar-refractivity contribution in [2.24, 2.45) is 0 Å². The molecule has 0 bridgehead atoms. The van der Waals surface area contributed by atoms with Crippen LogP contribution >= 0.6 is 0 Å². The Bertz CT molecular complexity index is 540. The Labute approximate surface area is 118 Å². The molecule has 1 amide bonds. The van der Waals surface area contributed by atoms with Crippen LogP contribution in [0.5, 0.6) is 5.75 Å². The fourth-order valence-corrected chi connectivity index (χ4v) is 1.41. The van der Waals surface area contributed by atoms with Gasteiger partial charge < -0.3 is 15.2 Å². The summed E-state index contributed by atoms with van der Waals surface area (Å²) in [4.78, 5) is 22.1. The largest absolute Gasteiger partial charge is 0.484 e. The third kappa shape index (κ3) is 5.86. The van der Waals surface area contributed by atoms with Gasteiger partial charge in [0.15, 0.2) is 6.61 Å². The van der Waals surface area contributed by atoms with E-state index in [-0.39, 0.29) is 0 Å². The summed E-state index contributed by atoms with van der Waals surface area (Å²) in [7, 11) is 0. The third-order valence-corrected chi connectivity index (χ3v) is 2.40. The van der Waals surface area contributed by atoms with Gasteiger partial charge in [-0.15, -0.1) is 0 Å². The molecule has 1 atom stereocenters. The summed E-state index contributed by atoms with van der Waals surface area (Å²) < 4.78 is 29.3. The van der Waals surface area contributed by atoms with Crippen molar-refractivity contribution >= 4 is 11.9 Å². The van der Waals surface area contributed by atoms with Gasteiger partial charge in [-0.25, -0.2) is 13.6 Å². The van der Waals surface area contributed by atoms with Crippen LogP contribution in [0.15, 0.2) is 24.3 Å². The molecule has 0 aliphatic rings. The predicted octanol–water partition coefficient (Wildman–Crippen LogP) is 1.16. The Morgan fingerprint density at radius 2 is 1.95 bits per heavy atom. The minimum atomic E-state index is -2.84. The van der Waals surface area contributed by atoms with Crippen molar-refractivity contribution in [2.75, 3.05) is 6.61 Å². The van der Waals surface area contributed by atoms with E-state index < -0.39 is 37.4 Å². The highest BCUT2D eigenvalue weighted by molar-refractivity contribution is 5.84. The van der Waals surface area contributed by atoms with Crippen LogP contribution in [0.25, 0.3) is 0 Å². The molecule has 0 aliphatic heterocycles. The molecule has 21 heavy (non-hydrogen) atoms. The van der Waals surface area contributed by atoms with Gasteiger partial charge in [0.05, 0.1) is 11.6 Å². The number of nitrogens with one attached hydrogen (secondary N) is 1. The molecule has 1 aromatic rings. The summed E-state index contributed by atoms with van der Waals surface area (Å²) in [6.07, 6.45) is -3.82. The number of rotatable bonds is 7. The molecule has 0 fully saturated rings. The normalized spacial score (nSPS) is 11.5. The van der Waals surface area contributed by atoms with Gasteiger partial charge in [0.25, 0.3) is 5.91 Å². The van der Waals surface area contributed by atoms with Crippen molar-refractivity contribution in [3.05, 3.63) is 29.8 Å². The number of hydrogen-bond donors (Lipinski definition) is 2. The number of aliphatic carboxylic acids is 1. The Kier molecular flexibility index (Phi) is 6.07. The van der Waals surface area contributed by atoms with Crippen molar-refractivity contribution in [3.8, 4) is 11.8 Å². The van der Waals surface area contributed by atoms with Crippen LogP contribution in [0.4, 0.5) is 8.78 Å². The van der Waals surface area contributed by atoms with Gasteiger partial charge in [0.2, 0.25) is 6.43 Å². The summed E-state index contributed by atoms with van der Waals surface area (Å²) in [6.45, 7) is -0.515. The molecule has 0 spiro atoms. The van der Waals surface area contributed by atoms with Crippen molar-refractivity contribution in [1.82, 2.24) is 5.32 Å². The molecule has 0 saturated heterocycles. The van der Waals surface area contributed by atoms with Crippen LogP contribution < -0.4 is 10.1 Å². The first kappa shape index (κ1) is 16.4. The zero-order valence-corrected chi connectivity index (χ0v) is 10.8. The third-order valence-electron chi connectivity index (χ3n) is 2.40. The number of carboxylic acids is 1. The van der Waals surface area contributed by atoms with E-state index in [1.165, 1.54) is 24.3 Å². The molecule has 0 aromatic heterocycles. The molecule has 0 heterocycles. The number of nitriles is 1. The monoisotopic (exact) mass is 298 g/mol. The van der Waals surface area contributed by atoms with E-state index >= 15 is 0 Å². The number of alkyl halides is 2. The molecule has 0 aliphatic carbocycles. The molecule has 112 valence electrons. The van der Waals surface area contributed by atoms with Gasteiger partial charge in [-0.2, -0.15) is 5.26 Å². The number of nitrogens with zero attached hydrogens (tertiary/aromatic N) is 1. The molecule has 1 rings (SSSR count). The minimum absolute atomic E-state index is 0.296. The molecular weight excluding hydrogens is 286 g/mol. The molecule has 0 saturated carbocycles. The van der Waals surface area contributed by atoms with Gasteiger partial charge in [0.1, 0.15) is 11.8 Å². The van der Waals surface area contributed by atoms with Crippen LogP contribution in [0.3, 0.4) is 0 Å². The molecule has 8 heteroatoms. The molecule has 1 aromatic carbocycles. The second-order valence-electron chi connectivity index (χ2n) is 4.01. The summed E-state index contributed by atoms with van der Waals surface area (Å²) in [5.74, 6) is -2.07. The van der Waals surface area contributed by atoms with Crippen molar-refractivity contribution in [2.45, 2.75) is 18.9 Å². The lowest BCUT2D eigenvalue weighted by Gasteiger charge is -2.14. The van der Waals surface area contributed by atoms with Crippen LogP contribution in [-0.2, 0) is 9.59 Å². The molecule has 0 radical (unpaired) electrons. The van der Waals surface area contributed by atoms with Gasteiger partial charge in [-0.1, -0.05) is 0 Å². The number of benzene rings is 1. The van der Waals surface area contributed by atoms with Gasteiger partial charge in [-0.05, 0) is 24.3 Å². The fourth-order valence-electron chi connectivity index (χ4n) is 1.41. The topological polar surface area (TPSA) is 99.4 Å². The van der Waals surface area contributed by atoms with Crippen LogP contribution in [0, 0.1) is 11.3 Å². The lowest BCUT2D eigenvalue weighted by Crippen LogP contribution is -2.44. The highest BCUT2D eigenvalue weighted by atomic mass is 19.3. The van der Waals surface area contributed by atoms with Gasteiger partial charge >= 0.3 is 5.97 Å². The smallest absolute Gasteiger partial charge is 0.326 e. The van der Waals surface area contributed by atoms with E-state index in [0.717, 1.165) is 0 Å². The maximum Gasteiger partial charge on any atom is 0.326 e. The standard InChI is InChI=1S/C13H12F2N2O4/c14-11(15)5-10(13(19)20)17-12(18)7-21-9-3-1-8(6-16)2-4-9/h1-4,10-11H,5,7H2,(H,17,18)(H,19,20). The number of carbonyl (C=O) groups excluding carboxylic acids is 1. The summed E-state index contributed by atoms with van der Waals surface area (Å²) in [6, 6.07) is 6.11. The highest BCUT2D eigenvalue weighted by Gasteiger charge is 2.24. The van der Waals surface area contributed by atoms with Crippen molar-refractivity contribution in [3.63, 3.8) is 0 Å². The molecule has 1 unspecified atom stereocenters. The zero-order chi connectivity index (χ0) is 15.8. The number of carbonyl (C=O) groups is 2. The van der Waals surface area contributed by atoms with E-state index in [1.54, 1.807) is 0 Å². The first-order chi connectivity index (χ1) is 9.92. The molecule has 6 nitrogen and oxygen atoms in total. The second kappa shape index (κ2) is 7.79. The number of ether oxygens (including phenoxy) is 1. The Balaban J connectivity index is 2.48. The zero-order valence-electron chi connectivity index (χ0n) is 10.8. The predicted molar refractivity (Wildman–Crippen MR) is 66.8 cm³/mol. The number of hydrogen-bond acceptors (Lipinski definition) is 4. The van der Waals surface area contributed by atoms with E-state index in [9.17, 15) is 18.4 Å². The SMILES string of the molecule is N#Cc1ccc(OCC(=O)NC(CC(F)F)C(=O)O)cc1. The summed E-state index contributed by atoms with van der Waals surface area (Å²) >= 11 is 0. The maximum absolute atomic E-state index is 12.1. The summed E-state index contributed by atoms with van der Waals surface area (Å²) in [5, 5.41) is 19.2. The Morgan fingerprint density at radius 1 is 1.33 bits per heavy atom. The molecule has 2 N–H and O–H groups in total. The minimum Gasteiger partial charge on any atom is -0.484 e. The van der Waals surface area contributed by atoms with Crippen LogP contribution in [0.2, 0.25) is 0 Å². The molecular formula is C13H12F2N2O4. The van der Waals surface area contributed by atoms with Gasteiger partial charge in [0, 0.05) is 6.42 Å². The first-order valence-electron chi connectivity index (χ1n) is 5.85. The summed E-state index contributed by atoms with van der Waals surface area (Å²) in [5.41, 5.74) is 0.412. The number of amides is 1. The van der Waals surface area contributed by atoms with Crippen molar-refractivity contribution < 1.29 is 28.2 Å². The van der Waals surface area contributed by atoms with Crippen LogP contribution in [0.1, 0.15) is 12.0 Å². The Morgan fingerprint density at radius 3 is 2.43 bits per heavy atom. The van der Waals surface area contributed by atoms with E-state index in [4.69, 9.17) is 15.1 Å². The van der Waals surface area contributed by atoms with Crippen molar-refractivity contribution in [1.29, 1.82) is 5.26 Å². The van der Waals surface area contributed by atoms with E-state index in [0.29, 0.717) is 11.3 Å². The van der Waals surface area contributed by atoms with E-state index in [2.05, 4.69) is 0 Å². The average Bonchev–Trinajstić information content (AvgIpc) is 2.44. The number of halogens is 2. The lowest BCUT2D eigenvalue weighted by atomic mass is 10.2. The van der Waals surface area contributed by atoms with Crippen LogP contribution in [-0.4, -0.2) is 36.1 Å². The quantitative estimate of drug-likeness (QED) is 0.787. The van der Waals surface area contributed by atoms with E-state index in [1.807, 2.05) is 11.4 Å². The second-order valence-corrected chi connectivity index (χ2v) is 4.01. The lowest BCUT2D eigenvalue weighted by molar-refractivity contribution is -0.143. The maximum atomic E-state index is 12.1. The fraction of sp³-hybridized carbons (Fsp3) is 0.308. The number of carboxylic acid groups (broad SMARTS) is 1. The average molecular weight is 298 g/mol.